The summed E-state index contributed by atoms with van der Waals surface area (Å²) in [6.07, 6.45) is 6.30. The second-order valence-corrected chi connectivity index (χ2v) is 3.77. The van der Waals surface area contributed by atoms with E-state index in [1.54, 1.807) is 6.20 Å². The van der Waals surface area contributed by atoms with E-state index < -0.39 is 6.10 Å². The molecule has 1 fully saturated rings. The number of hydrogen-bond donors (Lipinski definition) is 1. The van der Waals surface area contributed by atoms with Crippen LogP contribution in [0, 0.1) is 0 Å². The average molecular weight is 207 g/mol. The van der Waals surface area contributed by atoms with Gasteiger partial charge in [0.1, 0.15) is 0 Å². The van der Waals surface area contributed by atoms with Gasteiger partial charge in [-0.2, -0.15) is 5.10 Å². The van der Waals surface area contributed by atoms with E-state index in [9.17, 15) is 5.11 Å². The molecule has 0 aromatic carbocycles. The van der Waals surface area contributed by atoms with Crippen LogP contribution in [0.25, 0.3) is 10.4 Å². The van der Waals surface area contributed by atoms with Crippen molar-refractivity contribution in [2.45, 2.75) is 31.4 Å². The van der Waals surface area contributed by atoms with Crippen LogP contribution in [0.2, 0.25) is 0 Å². The van der Waals surface area contributed by atoms with Crippen LogP contribution in [0.3, 0.4) is 0 Å². The van der Waals surface area contributed by atoms with Crippen molar-refractivity contribution in [2.75, 3.05) is 6.54 Å². The molecule has 0 unspecified atom stereocenters. The molecule has 0 aliphatic heterocycles. The van der Waals surface area contributed by atoms with E-state index in [1.165, 1.54) is 6.42 Å². The fourth-order valence-electron chi connectivity index (χ4n) is 1.60. The lowest BCUT2D eigenvalue weighted by Gasteiger charge is -2.25. The molecule has 1 aliphatic rings. The minimum Gasteiger partial charge on any atom is -0.388 e. The van der Waals surface area contributed by atoms with Crippen molar-refractivity contribution in [3.05, 3.63) is 28.4 Å². The number of nitrogens with zero attached hydrogens (tertiary/aromatic N) is 5. The number of aliphatic hydroxyl groups excluding tert-OH is 1. The molecule has 0 amide bonds. The summed E-state index contributed by atoms with van der Waals surface area (Å²) in [5.74, 6) is 0. The molecule has 1 aromatic heterocycles. The first kappa shape index (κ1) is 10.0. The van der Waals surface area contributed by atoms with E-state index >= 15 is 0 Å². The lowest BCUT2D eigenvalue weighted by atomic mass is 9.93. The smallest absolute Gasteiger partial charge is 0.0876 e. The Morgan fingerprint density at radius 1 is 1.73 bits per heavy atom. The van der Waals surface area contributed by atoms with Crippen molar-refractivity contribution in [1.29, 1.82) is 0 Å². The summed E-state index contributed by atoms with van der Waals surface area (Å²) < 4.78 is 1.89. The van der Waals surface area contributed by atoms with E-state index in [0.717, 1.165) is 12.8 Å². The Labute approximate surface area is 87.2 Å². The normalized spacial score (nSPS) is 17.9. The standard InChI is InChI=1S/C9H13N5O/c10-13-11-5-9(15)7-4-12-14(6-7)8-2-1-3-8/h4,6,8-9,15H,1-3,5H2/t9-/m0/s1. The summed E-state index contributed by atoms with van der Waals surface area (Å²) in [6, 6.07) is 0.491. The molecule has 6 heteroatoms. The lowest BCUT2D eigenvalue weighted by Crippen LogP contribution is -2.17. The van der Waals surface area contributed by atoms with Crippen molar-refractivity contribution < 1.29 is 5.11 Å². The molecule has 1 aliphatic carbocycles. The van der Waals surface area contributed by atoms with Crippen LogP contribution in [0.15, 0.2) is 17.5 Å². The summed E-state index contributed by atoms with van der Waals surface area (Å²) in [6.45, 7) is 0.0624. The van der Waals surface area contributed by atoms with Crippen LogP contribution < -0.4 is 0 Å². The first-order valence-corrected chi connectivity index (χ1v) is 5.04. The van der Waals surface area contributed by atoms with Gasteiger partial charge in [-0.25, -0.2) is 0 Å². The Balaban J connectivity index is 2.01. The molecule has 1 heterocycles. The molecule has 15 heavy (non-hydrogen) atoms. The van der Waals surface area contributed by atoms with E-state index in [4.69, 9.17) is 5.53 Å². The maximum atomic E-state index is 9.62. The molecule has 1 saturated carbocycles. The highest BCUT2D eigenvalue weighted by molar-refractivity contribution is 5.09. The van der Waals surface area contributed by atoms with Crippen molar-refractivity contribution >= 4 is 0 Å². The Hall–Kier alpha value is -1.52. The van der Waals surface area contributed by atoms with Gasteiger partial charge in [-0.05, 0) is 24.8 Å². The average Bonchev–Trinajstić information content (AvgIpc) is 2.60. The third kappa shape index (κ3) is 2.11. The third-order valence-electron chi connectivity index (χ3n) is 2.77. The topological polar surface area (TPSA) is 86.8 Å². The van der Waals surface area contributed by atoms with Crippen LogP contribution in [0.5, 0.6) is 0 Å². The van der Waals surface area contributed by atoms with Crippen molar-refractivity contribution in [3.8, 4) is 0 Å². The second kappa shape index (κ2) is 4.33. The fraction of sp³-hybridized carbons (Fsp3) is 0.667. The Kier molecular flexibility index (Phi) is 2.89. The second-order valence-electron chi connectivity index (χ2n) is 3.77. The fourth-order valence-corrected chi connectivity index (χ4v) is 1.60. The van der Waals surface area contributed by atoms with Gasteiger partial charge in [-0.15, -0.1) is 0 Å². The predicted octanol–water partition coefficient (Wildman–Crippen LogP) is 1.95. The Morgan fingerprint density at radius 3 is 3.13 bits per heavy atom. The summed E-state index contributed by atoms with van der Waals surface area (Å²) >= 11 is 0. The number of aromatic nitrogens is 2. The largest absolute Gasteiger partial charge is 0.388 e. The minimum absolute atomic E-state index is 0.0624. The van der Waals surface area contributed by atoms with Gasteiger partial charge in [0.25, 0.3) is 0 Å². The predicted molar refractivity (Wildman–Crippen MR) is 54.1 cm³/mol. The Morgan fingerprint density at radius 2 is 2.53 bits per heavy atom. The van der Waals surface area contributed by atoms with Gasteiger partial charge in [-0.3, -0.25) is 4.68 Å². The van der Waals surface area contributed by atoms with E-state index in [2.05, 4.69) is 15.1 Å². The van der Waals surface area contributed by atoms with Gasteiger partial charge in [0, 0.05) is 16.7 Å². The number of azide groups is 1. The zero-order valence-electron chi connectivity index (χ0n) is 8.32. The SMILES string of the molecule is [N-]=[N+]=NC[C@H](O)c1cnn(C2CCC2)c1. The number of rotatable bonds is 4. The van der Waals surface area contributed by atoms with Crippen LogP contribution >= 0.6 is 0 Å². The highest BCUT2D eigenvalue weighted by Gasteiger charge is 2.20. The van der Waals surface area contributed by atoms with Gasteiger partial charge in [0.2, 0.25) is 0 Å². The molecular weight excluding hydrogens is 194 g/mol. The number of hydrogen-bond acceptors (Lipinski definition) is 3. The van der Waals surface area contributed by atoms with Crippen LogP contribution in [0.4, 0.5) is 0 Å². The van der Waals surface area contributed by atoms with Crippen LogP contribution in [-0.4, -0.2) is 21.4 Å². The summed E-state index contributed by atoms with van der Waals surface area (Å²) in [7, 11) is 0. The van der Waals surface area contributed by atoms with Gasteiger partial charge in [-0.1, -0.05) is 5.11 Å². The summed E-state index contributed by atoms with van der Waals surface area (Å²) in [5.41, 5.74) is 8.85. The summed E-state index contributed by atoms with van der Waals surface area (Å²) in [5, 5.41) is 17.1. The third-order valence-corrected chi connectivity index (χ3v) is 2.77. The molecule has 80 valence electrons. The molecule has 2 rings (SSSR count). The molecule has 0 saturated heterocycles. The van der Waals surface area contributed by atoms with Gasteiger partial charge in [0.15, 0.2) is 0 Å². The molecular formula is C9H13N5O. The zero-order valence-corrected chi connectivity index (χ0v) is 8.32. The maximum absolute atomic E-state index is 9.62. The van der Waals surface area contributed by atoms with Gasteiger partial charge >= 0.3 is 0 Å². The molecule has 0 spiro atoms. The first-order chi connectivity index (χ1) is 7.31. The molecule has 1 aromatic rings. The molecule has 1 N–H and O–H groups in total. The highest BCUT2D eigenvalue weighted by atomic mass is 16.3. The molecule has 0 bridgehead atoms. The van der Waals surface area contributed by atoms with Crippen LogP contribution in [-0.2, 0) is 0 Å². The molecule has 1 atom stereocenters. The lowest BCUT2D eigenvalue weighted by molar-refractivity contribution is 0.186. The van der Waals surface area contributed by atoms with E-state index in [1.807, 2.05) is 10.9 Å². The zero-order chi connectivity index (χ0) is 10.7. The Bertz CT molecular complexity index is 378. The highest BCUT2D eigenvalue weighted by Crippen LogP contribution is 2.31. The monoisotopic (exact) mass is 207 g/mol. The summed E-state index contributed by atoms with van der Waals surface area (Å²) in [4.78, 5) is 2.61. The number of aliphatic hydroxyl groups is 1. The van der Waals surface area contributed by atoms with Crippen molar-refractivity contribution in [1.82, 2.24) is 9.78 Å². The minimum atomic E-state index is -0.741. The van der Waals surface area contributed by atoms with Crippen LogP contribution in [0.1, 0.15) is 37.0 Å². The maximum Gasteiger partial charge on any atom is 0.0876 e. The van der Waals surface area contributed by atoms with Crippen molar-refractivity contribution in [3.63, 3.8) is 0 Å². The van der Waals surface area contributed by atoms with E-state index in [0.29, 0.717) is 11.6 Å². The van der Waals surface area contributed by atoms with Gasteiger partial charge < -0.3 is 5.11 Å². The van der Waals surface area contributed by atoms with Gasteiger partial charge in [0.05, 0.1) is 24.9 Å². The quantitative estimate of drug-likeness (QED) is 0.464. The van der Waals surface area contributed by atoms with E-state index in [-0.39, 0.29) is 6.54 Å². The molecule has 0 radical (unpaired) electrons. The molecule has 6 nitrogen and oxygen atoms in total. The first-order valence-electron chi connectivity index (χ1n) is 5.04. The van der Waals surface area contributed by atoms with Crippen molar-refractivity contribution in [2.24, 2.45) is 5.11 Å².